The summed E-state index contributed by atoms with van der Waals surface area (Å²) in [5.41, 5.74) is -1.56. The molecular formula is C19H38O4. The van der Waals surface area contributed by atoms with Gasteiger partial charge in [-0.3, -0.25) is 0 Å². The lowest BCUT2D eigenvalue weighted by Gasteiger charge is -2.47. The first kappa shape index (κ1) is 20.9. The highest BCUT2D eigenvalue weighted by Gasteiger charge is 2.49. The van der Waals surface area contributed by atoms with Crippen molar-refractivity contribution in [1.82, 2.24) is 0 Å². The van der Waals surface area contributed by atoms with Gasteiger partial charge in [-0.1, -0.05) is 70.6 Å². The van der Waals surface area contributed by atoms with Gasteiger partial charge in [-0.15, -0.1) is 0 Å². The van der Waals surface area contributed by atoms with E-state index in [9.17, 15) is 20.4 Å². The summed E-state index contributed by atoms with van der Waals surface area (Å²) >= 11 is 0. The summed E-state index contributed by atoms with van der Waals surface area (Å²) in [7, 11) is 0. The molecule has 0 heterocycles. The molecule has 4 nitrogen and oxygen atoms in total. The van der Waals surface area contributed by atoms with Gasteiger partial charge in [0.15, 0.2) is 0 Å². The molecule has 138 valence electrons. The summed E-state index contributed by atoms with van der Waals surface area (Å²) in [4.78, 5) is 0. The lowest BCUT2D eigenvalue weighted by Crippen LogP contribution is -2.52. The van der Waals surface area contributed by atoms with E-state index in [4.69, 9.17) is 0 Å². The number of aliphatic hydroxyl groups is 4. The Morgan fingerprint density at radius 1 is 0.391 bits per heavy atom. The highest BCUT2D eigenvalue weighted by molar-refractivity contribution is 4.97. The molecule has 1 aliphatic rings. The zero-order chi connectivity index (χ0) is 17.0. The van der Waals surface area contributed by atoms with Crippen molar-refractivity contribution in [2.45, 2.75) is 83.5 Å². The molecular weight excluding hydrogens is 292 g/mol. The van der Waals surface area contributed by atoms with Crippen molar-refractivity contribution >= 4 is 0 Å². The summed E-state index contributed by atoms with van der Waals surface area (Å²) in [6.45, 7) is -0.704. The molecule has 0 aliphatic heterocycles. The predicted molar refractivity (Wildman–Crippen MR) is 93.2 cm³/mol. The van der Waals surface area contributed by atoms with E-state index in [1.165, 1.54) is 44.9 Å². The normalized spacial score (nSPS) is 24.5. The van der Waals surface area contributed by atoms with Gasteiger partial charge < -0.3 is 20.4 Å². The fraction of sp³-hybridized carbons (Fsp3) is 1.00. The number of aliphatic hydroxyl groups excluding tert-OH is 4. The molecule has 0 unspecified atom stereocenters. The van der Waals surface area contributed by atoms with Crippen LogP contribution in [0.2, 0.25) is 0 Å². The first-order valence-electron chi connectivity index (χ1n) is 9.64. The molecule has 0 bridgehead atoms. The Bertz CT molecular complexity index is 257. The Kier molecular flexibility index (Phi) is 10.4. The van der Waals surface area contributed by atoms with Crippen LogP contribution in [0.25, 0.3) is 0 Å². The van der Waals surface area contributed by atoms with Crippen LogP contribution in [-0.2, 0) is 0 Å². The lowest BCUT2D eigenvalue weighted by molar-refractivity contribution is -0.124. The Labute approximate surface area is 141 Å². The summed E-state index contributed by atoms with van der Waals surface area (Å²) in [6.07, 6.45) is 14.2. The van der Waals surface area contributed by atoms with Gasteiger partial charge in [0.25, 0.3) is 0 Å². The minimum absolute atomic E-state index is 0.176. The Hall–Kier alpha value is -0.160. The molecule has 0 saturated heterocycles. The molecule has 0 spiro atoms. The second-order valence-electron chi connectivity index (χ2n) is 7.58. The summed E-state index contributed by atoms with van der Waals surface area (Å²) in [5, 5.41) is 40.0. The van der Waals surface area contributed by atoms with Gasteiger partial charge >= 0.3 is 0 Å². The van der Waals surface area contributed by atoms with Crippen LogP contribution in [0.1, 0.15) is 83.5 Å². The lowest BCUT2D eigenvalue weighted by atomic mass is 9.60. The van der Waals surface area contributed by atoms with E-state index in [0.717, 1.165) is 25.7 Å². The van der Waals surface area contributed by atoms with Gasteiger partial charge in [0.05, 0.1) is 26.4 Å². The summed E-state index contributed by atoms with van der Waals surface area (Å²) in [6, 6.07) is 0. The van der Waals surface area contributed by atoms with Crippen LogP contribution >= 0.6 is 0 Å². The Morgan fingerprint density at radius 3 is 0.826 bits per heavy atom. The van der Waals surface area contributed by atoms with Crippen LogP contribution in [0.4, 0.5) is 0 Å². The van der Waals surface area contributed by atoms with Crippen LogP contribution in [-0.4, -0.2) is 46.9 Å². The molecule has 0 aromatic heterocycles. The SMILES string of the molecule is OCC1(CO)CCCCCCCCCCCCCC1(CO)CO. The van der Waals surface area contributed by atoms with E-state index in [1.54, 1.807) is 0 Å². The maximum absolute atomic E-state index is 10.0. The first-order chi connectivity index (χ1) is 11.2. The zero-order valence-corrected chi connectivity index (χ0v) is 14.8. The maximum Gasteiger partial charge on any atom is 0.0516 e. The smallest absolute Gasteiger partial charge is 0.0516 e. The van der Waals surface area contributed by atoms with Crippen molar-refractivity contribution in [2.75, 3.05) is 26.4 Å². The highest BCUT2D eigenvalue weighted by atomic mass is 16.3. The third kappa shape index (κ3) is 5.70. The van der Waals surface area contributed by atoms with Crippen LogP contribution in [0, 0.1) is 10.8 Å². The molecule has 4 N–H and O–H groups in total. The van der Waals surface area contributed by atoms with Gasteiger partial charge in [-0.25, -0.2) is 0 Å². The molecule has 4 heteroatoms. The van der Waals surface area contributed by atoms with Gasteiger partial charge in [-0.2, -0.15) is 0 Å². The van der Waals surface area contributed by atoms with Gasteiger partial charge in [0, 0.05) is 10.8 Å². The molecule has 0 amide bonds. The largest absolute Gasteiger partial charge is 0.396 e. The summed E-state index contributed by atoms with van der Waals surface area (Å²) in [5.74, 6) is 0. The summed E-state index contributed by atoms with van der Waals surface area (Å²) < 4.78 is 0. The fourth-order valence-corrected chi connectivity index (χ4v) is 4.14. The first-order valence-corrected chi connectivity index (χ1v) is 9.64. The van der Waals surface area contributed by atoms with E-state index in [-0.39, 0.29) is 26.4 Å². The van der Waals surface area contributed by atoms with E-state index >= 15 is 0 Å². The molecule has 0 radical (unpaired) electrons. The average Bonchev–Trinajstić information content (AvgIpc) is 2.60. The highest BCUT2D eigenvalue weighted by Crippen LogP contribution is 2.46. The van der Waals surface area contributed by atoms with E-state index in [2.05, 4.69) is 0 Å². The topological polar surface area (TPSA) is 80.9 Å². The predicted octanol–water partition coefficient (Wildman–Crippen LogP) is 3.01. The number of hydrogen-bond donors (Lipinski definition) is 4. The molecule has 0 aromatic rings. The van der Waals surface area contributed by atoms with Crippen LogP contribution in [0.5, 0.6) is 0 Å². The van der Waals surface area contributed by atoms with Crippen molar-refractivity contribution in [3.05, 3.63) is 0 Å². The second kappa shape index (κ2) is 11.4. The third-order valence-corrected chi connectivity index (χ3v) is 6.15. The number of rotatable bonds is 4. The van der Waals surface area contributed by atoms with Gasteiger partial charge in [-0.05, 0) is 12.8 Å². The zero-order valence-electron chi connectivity index (χ0n) is 14.8. The Balaban J connectivity index is 2.84. The van der Waals surface area contributed by atoms with E-state index in [0.29, 0.717) is 12.8 Å². The van der Waals surface area contributed by atoms with E-state index < -0.39 is 10.8 Å². The fourth-order valence-electron chi connectivity index (χ4n) is 4.14. The van der Waals surface area contributed by atoms with Crippen molar-refractivity contribution in [3.63, 3.8) is 0 Å². The van der Waals surface area contributed by atoms with Gasteiger partial charge in [0.2, 0.25) is 0 Å². The molecule has 1 fully saturated rings. The molecule has 23 heavy (non-hydrogen) atoms. The third-order valence-electron chi connectivity index (χ3n) is 6.15. The maximum atomic E-state index is 10.0. The molecule has 1 rings (SSSR count). The van der Waals surface area contributed by atoms with Crippen LogP contribution < -0.4 is 0 Å². The second-order valence-corrected chi connectivity index (χ2v) is 7.58. The van der Waals surface area contributed by atoms with Crippen LogP contribution in [0.15, 0.2) is 0 Å². The van der Waals surface area contributed by atoms with Crippen molar-refractivity contribution in [1.29, 1.82) is 0 Å². The monoisotopic (exact) mass is 330 g/mol. The number of hydrogen-bond acceptors (Lipinski definition) is 4. The van der Waals surface area contributed by atoms with Crippen molar-refractivity contribution < 1.29 is 20.4 Å². The quantitative estimate of drug-likeness (QED) is 0.639. The standard InChI is InChI=1S/C19H38O4/c20-14-18(15-21)12-10-8-6-4-2-1-3-5-7-9-11-13-19(18,16-22)17-23/h20-23H,1-17H2. The average molecular weight is 331 g/mol. The molecule has 0 aromatic carbocycles. The van der Waals surface area contributed by atoms with E-state index in [1.807, 2.05) is 0 Å². The van der Waals surface area contributed by atoms with Crippen molar-refractivity contribution in [2.24, 2.45) is 10.8 Å². The van der Waals surface area contributed by atoms with Crippen LogP contribution in [0.3, 0.4) is 0 Å². The molecule has 0 atom stereocenters. The van der Waals surface area contributed by atoms with Crippen molar-refractivity contribution in [3.8, 4) is 0 Å². The minimum Gasteiger partial charge on any atom is -0.396 e. The van der Waals surface area contributed by atoms with Gasteiger partial charge in [0.1, 0.15) is 0 Å². The minimum atomic E-state index is -0.781. The molecule has 1 aliphatic carbocycles. The Morgan fingerprint density at radius 2 is 0.609 bits per heavy atom. The molecule has 1 saturated carbocycles.